The lowest BCUT2D eigenvalue weighted by atomic mass is 10.0. The molecule has 248 valence electrons. The average Bonchev–Trinajstić information content (AvgIpc) is 3.89. The van der Waals surface area contributed by atoms with Crippen molar-refractivity contribution in [2.24, 2.45) is 0 Å². The summed E-state index contributed by atoms with van der Waals surface area (Å²) in [6.45, 7) is 1.38. The zero-order chi connectivity index (χ0) is 32.7. The Hall–Kier alpha value is -5.60. The summed E-state index contributed by atoms with van der Waals surface area (Å²) in [5, 5.41) is 19.1. The van der Waals surface area contributed by atoms with Crippen LogP contribution in [0.3, 0.4) is 0 Å². The van der Waals surface area contributed by atoms with Crippen LogP contribution < -0.4 is 9.80 Å². The highest BCUT2D eigenvalue weighted by Gasteiger charge is 2.31. The molecule has 2 saturated heterocycles. The van der Waals surface area contributed by atoms with Crippen molar-refractivity contribution >= 4 is 28.6 Å². The Bertz CT molecular complexity index is 2100. The Morgan fingerprint density at radius 3 is 1.88 bits per heavy atom. The predicted molar refractivity (Wildman–Crippen MR) is 171 cm³/mol. The molecule has 2 fully saturated rings. The van der Waals surface area contributed by atoms with E-state index in [1.807, 2.05) is 28.1 Å². The van der Waals surface area contributed by atoms with Crippen molar-refractivity contribution < 1.29 is 22.5 Å². The van der Waals surface area contributed by atoms with E-state index in [4.69, 9.17) is 0 Å². The smallest absolute Gasteiger partial charge is 0.333 e. The van der Waals surface area contributed by atoms with E-state index in [2.05, 4.69) is 20.2 Å². The van der Waals surface area contributed by atoms with E-state index >= 15 is 0 Å². The third-order valence-corrected chi connectivity index (χ3v) is 8.50. The molecule has 15 heteroatoms. The number of rotatable bonds is 5. The number of hydrogen-bond donors (Lipinski definition) is 0. The quantitative estimate of drug-likeness (QED) is 0.108. The monoisotopic (exact) mass is 661 g/mol. The summed E-state index contributed by atoms with van der Waals surface area (Å²) in [4.78, 5) is 23.3. The number of benzene rings is 2. The Balaban J connectivity index is 0.000000165. The van der Waals surface area contributed by atoms with E-state index in [0.717, 1.165) is 61.7 Å². The fraction of sp³-hybridized carbons (Fsp3) is 0.273. The molecule has 6 aromatic rings. The fourth-order valence-electron chi connectivity index (χ4n) is 6.37. The molecule has 8 rings (SSSR count). The van der Waals surface area contributed by atoms with Crippen LogP contribution >= 0.6 is 0 Å². The maximum Gasteiger partial charge on any atom is 0.333 e. The normalized spacial score (nSPS) is 17.4. The predicted octanol–water partition coefficient (Wildman–Crippen LogP) is 7.24. The van der Waals surface area contributed by atoms with Crippen molar-refractivity contribution in [1.82, 2.24) is 29.2 Å². The number of hydrogen-bond acceptors (Lipinski definition) is 8. The van der Waals surface area contributed by atoms with Crippen LogP contribution in [0.4, 0.5) is 34.9 Å². The molecule has 6 heterocycles. The summed E-state index contributed by atoms with van der Waals surface area (Å²) in [5.74, 6) is -0.527. The maximum atomic E-state index is 14.2. The molecule has 0 bridgehead atoms. The van der Waals surface area contributed by atoms with Gasteiger partial charge in [0, 0.05) is 42.7 Å². The highest BCUT2D eigenvalue weighted by atomic mass is 19.1. The number of nitro groups is 1. The third kappa shape index (κ3) is 6.10. The van der Waals surface area contributed by atoms with Gasteiger partial charge in [-0.25, -0.2) is 36.6 Å². The summed E-state index contributed by atoms with van der Waals surface area (Å²) < 4.78 is 58.3. The molecular formula is C33H31F4N9O2. The van der Waals surface area contributed by atoms with E-state index in [1.54, 1.807) is 23.0 Å². The summed E-state index contributed by atoms with van der Waals surface area (Å²) in [6.07, 6.45) is 9.36. The molecule has 0 amide bonds. The zero-order valence-electron chi connectivity index (χ0n) is 24.8. The third-order valence-electron chi connectivity index (χ3n) is 8.50. The van der Waals surface area contributed by atoms with Crippen molar-refractivity contribution in [3.8, 4) is 0 Å². The lowest BCUT2D eigenvalue weighted by molar-refractivity contribution is -0.383. The summed E-state index contributed by atoms with van der Waals surface area (Å²) in [6, 6.07) is 11.8. The zero-order valence-corrected chi connectivity index (χ0v) is 24.8. The van der Waals surface area contributed by atoms with Crippen LogP contribution in [0.5, 0.6) is 0 Å². The van der Waals surface area contributed by atoms with Gasteiger partial charge in [0.15, 0.2) is 5.65 Å². The van der Waals surface area contributed by atoms with E-state index in [0.29, 0.717) is 24.3 Å². The highest BCUT2D eigenvalue weighted by molar-refractivity contribution is 5.61. The summed E-state index contributed by atoms with van der Waals surface area (Å²) >= 11 is 0. The second-order valence-corrected chi connectivity index (χ2v) is 11.3. The van der Waals surface area contributed by atoms with Gasteiger partial charge in [-0.2, -0.15) is 10.2 Å². The second kappa shape index (κ2) is 13.3. The van der Waals surface area contributed by atoms with Gasteiger partial charge in [0.05, 0.1) is 23.2 Å². The van der Waals surface area contributed by atoms with Crippen molar-refractivity contribution in [3.63, 3.8) is 0 Å². The minimum absolute atomic E-state index is 0. The summed E-state index contributed by atoms with van der Waals surface area (Å²) in [5.41, 5.74) is 1.32. The van der Waals surface area contributed by atoms with Gasteiger partial charge in [-0.1, -0.05) is 7.43 Å². The molecule has 0 radical (unpaired) electrons. The molecule has 11 nitrogen and oxygen atoms in total. The van der Waals surface area contributed by atoms with Crippen LogP contribution in [-0.2, 0) is 0 Å². The first kappa shape index (κ1) is 32.3. The number of halogens is 4. The van der Waals surface area contributed by atoms with Crippen LogP contribution in [0, 0.1) is 33.4 Å². The van der Waals surface area contributed by atoms with Gasteiger partial charge < -0.3 is 9.80 Å². The minimum atomic E-state index is -0.549. The number of anilines is 2. The molecule has 2 aliphatic rings. The van der Waals surface area contributed by atoms with E-state index < -0.39 is 22.4 Å². The maximum absolute atomic E-state index is 14.2. The van der Waals surface area contributed by atoms with Gasteiger partial charge >= 0.3 is 5.69 Å². The summed E-state index contributed by atoms with van der Waals surface area (Å²) in [7, 11) is 0. The minimum Gasteiger partial charge on any atom is -0.349 e. The van der Waals surface area contributed by atoms with Gasteiger partial charge in [0.2, 0.25) is 5.65 Å². The van der Waals surface area contributed by atoms with Crippen LogP contribution in [-0.4, -0.2) is 47.2 Å². The van der Waals surface area contributed by atoms with Crippen molar-refractivity contribution in [3.05, 3.63) is 124 Å². The van der Waals surface area contributed by atoms with Crippen molar-refractivity contribution in [1.29, 1.82) is 0 Å². The van der Waals surface area contributed by atoms with Crippen LogP contribution in [0.15, 0.2) is 79.4 Å². The largest absolute Gasteiger partial charge is 0.349 e. The Morgan fingerprint density at radius 1 is 0.729 bits per heavy atom. The van der Waals surface area contributed by atoms with Gasteiger partial charge in [0.25, 0.3) is 0 Å². The SMILES string of the molecule is C.Fc1ccc(F)c([C@H]2CCCN2c2ccn3nccc3n2)c1.O=[N+]([O-])c1cnn2ccc(N3CCC[C@@H]3c3cc(F)ccc3F)nc12. The Morgan fingerprint density at radius 2 is 1.29 bits per heavy atom. The van der Waals surface area contributed by atoms with Gasteiger partial charge in [0.1, 0.15) is 41.1 Å². The standard InChI is InChI=1S/C16H13F2N5O2.C16H14F2N4.CH4/c17-10-3-4-12(18)11(8-10)13-2-1-6-21(13)15-5-7-22-16(20-15)14(9-19-22)23(24)25;17-11-3-4-13(18)12(10-11)14-2-1-8-21(14)15-6-9-22-16(20-15)5-7-19-22;/h3-5,7-9,13H,1-2,6H2;3-7,9-10,14H,1-2,8H2;1H4/t13-;14-;/m11./s1. The van der Waals surface area contributed by atoms with Crippen LogP contribution in [0.1, 0.15) is 56.3 Å². The van der Waals surface area contributed by atoms with Gasteiger partial charge in [-0.05, 0) is 74.2 Å². The first-order chi connectivity index (χ1) is 22.8. The first-order valence-electron chi connectivity index (χ1n) is 15.0. The highest BCUT2D eigenvalue weighted by Crippen LogP contribution is 2.38. The first-order valence-corrected chi connectivity index (χ1v) is 15.0. The lowest BCUT2D eigenvalue weighted by Gasteiger charge is -2.26. The van der Waals surface area contributed by atoms with E-state index in [1.165, 1.54) is 22.7 Å². The van der Waals surface area contributed by atoms with E-state index in [-0.39, 0.29) is 42.2 Å². The van der Waals surface area contributed by atoms with Crippen molar-refractivity contribution in [2.45, 2.75) is 45.2 Å². The molecule has 4 aromatic heterocycles. The molecular weight excluding hydrogens is 630 g/mol. The van der Waals surface area contributed by atoms with Crippen molar-refractivity contribution in [2.75, 3.05) is 22.9 Å². The van der Waals surface area contributed by atoms with Gasteiger partial charge in [-0.15, -0.1) is 0 Å². The average molecular weight is 662 g/mol. The fourth-order valence-corrected chi connectivity index (χ4v) is 6.37. The molecule has 2 atom stereocenters. The lowest BCUT2D eigenvalue weighted by Crippen LogP contribution is -2.24. The molecule has 48 heavy (non-hydrogen) atoms. The molecule has 0 spiro atoms. The van der Waals surface area contributed by atoms with E-state index in [9.17, 15) is 27.7 Å². The molecule has 0 unspecified atom stereocenters. The van der Waals surface area contributed by atoms with Crippen LogP contribution in [0.2, 0.25) is 0 Å². The Labute approximate surface area is 272 Å². The second-order valence-electron chi connectivity index (χ2n) is 11.3. The molecule has 0 aliphatic carbocycles. The number of nitrogens with zero attached hydrogens (tertiary/aromatic N) is 9. The Kier molecular flexibility index (Phi) is 8.93. The number of aromatic nitrogens is 6. The molecule has 2 aromatic carbocycles. The molecule has 0 saturated carbocycles. The molecule has 0 N–H and O–H groups in total. The van der Waals surface area contributed by atoms with Crippen LogP contribution in [0.25, 0.3) is 11.3 Å². The number of fused-ring (bicyclic) bond motifs is 2. The molecule has 2 aliphatic heterocycles. The topological polar surface area (TPSA) is 110 Å². The van der Waals surface area contributed by atoms with Gasteiger partial charge in [-0.3, -0.25) is 10.1 Å².